The van der Waals surface area contributed by atoms with E-state index in [1.165, 1.54) is 0 Å². The van der Waals surface area contributed by atoms with E-state index in [2.05, 4.69) is 5.32 Å². The van der Waals surface area contributed by atoms with E-state index in [4.69, 9.17) is 14.2 Å². The molecule has 0 unspecified atom stereocenters. The van der Waals surface area contributed by atoms with E-state index >= 15 is 0 Å². The van der Waals surface area contributed by atoms with Gasteiger partial charge in [0.15, 0.2) is 5.78 Å². The maximum Gasteiger partial charge on any atom is 0.223 e. The molecule has 3 aliphatic rings. The van der Waals surface area contributed by atoms with Crippen LogP contribution < -0.4 is 10.1 Å². The molecule has 2 aliphatic heterocycles. The zero-order valence-electron chi connectivity index (χ0n) is 17.6. The van der Waals surface area contributed by atoms with Gasteiger partial charge in [-0.1, -0.05) is 29.8 Å². The van der Waals surface area contributed by atoms with E-state index in [1.54, 1.807) is 6.07 Å². The Bertz CT molecular complexity index is 968. The third kappa shape index (κ3) is 4.50. The SMILES string of the molecule is Cc1ccc(Oc2cccc(C(=O)C[C@H]3CO[C@H]4[C@@H]3OC[C@@H]4NC(=O)C3CC3)c2)cc1. The zero-order chi connectivity index (χ0) is 21.4. The van der Waals surface area contributed by atoms with E-state index in [-0.39, 0.29) is 41.8 Å². The minimum atomic E-state index is -0.170. The maximum atomic E-state index is 13.0. The minimum Gasteiger partial charge on any atom is -0.457 e. The summed E-state index contributed by atoms with van der Waals surface area (Å²) in [5.41, 5.74) is 1.78. The smallest absolute Gasteiger partial charge is 0.223 e. The van der Waals surface area contributed by atoms with Crippen molar-refractivity contribution in [3.05, 3.63) is 59.7 Å². The van der Waals surface area contributed by atoms with E-state index in [9.17, 15) is 9.59 Å². The van der Waals surface area contributed by atoms with Gasteiger partial charge in [0.25, 0.3) is 0 Å². The van der Waals surface area contributed by atoms with Crippen LogP contribution in [0.1, 0.15) is 35.2 Å². The summed E-state index contributed by atoms with van der Waals surface area (Å²) in [6.45, 7) is 2.94. The highest BCUT2D eigenvalue weighted by atomic mass is 16.6. The van der Waals surface area contributed by atoms with Crippen molar-refractivity contribution >= 4 is 11.7 Å². The molecule has 1 amide bonds. The number of hydrogen-bond donors (Lipinski definition) is 1. The van der Waals surface area contributed by atoms with Crippen molar-refractivity contribution in [3.8, 4) is 11.5 Å². The van der Waals surface area contributed by atoms with E-state index in [0.29, 0.717) is 30.9 Å². The summed E-state index contributed by atoms with van der Waals surface area (Å²) in [5.74, 6) is 1.66. The fourth-order valence-electron chi connectivity index (χ4n) is 4.35. The summed E-state index contributed by atoms with van der Waals surface area (Å²) in [7, 11) is 0. The fourth-order valence-corrected chi connectivity index (χ4v) is 4.35. The quantitative estimate of drug-likeness (QED) is 0.691. The maximum absolute atomic E-state index is 13.0. The first kappa shape index (κ1) is 20.2. The third-order valence-electron chi connectivity index (χ3n) is 6.29. The van der Waals surface area contributed by atoms with Crippen LogP contribution in [0.2, 0.25) is 0 Å². The number of nitrogens with one attached hydrogen (secondary N) is 1. The van der Waals surface area contributed by atoms with E-state index < -0.39 is 0 Å². The second-order valence-electron chi connectivity index (χ2n) is 8.82. The topological polar surface area (TPSA) is 73.9 Å². The highest BCUT2D eigenvalue weighted by Crippen LogP contribution is 2.35. The Balaban J connectivity index is 1.19. The standard InChI is InChI=1S/C25H27NO5/c1-15-5-9-19(10-6-15)31-20-4-2-3-17(11-20)22(27)12-18-13-29-24-21(14-30-23(18)24)26-25(28)16-7-8-16/h2-6,9-11,16,18,21,23-24H,7-8,12-14H2,1H3,(H,26,28)/t18-,21-,23+,24+/m0/s1. The van der Waals surface area contributed by atoms with Crippen LogP contribution in [0.4, 0.5) is 0 Å². The highest BCUT2D eigenvalue weighted by molar-refractivity contribution is 5.96. The Kier molecular flexibility index (Phi) is 5.50. The van der Waals surface area contributed by atoms with E-state index in [0.717, 1.165) is 24.2 Å². The lowest BCUT2D eigenvalue weighted by Gasteiger charge is -2.17. The third-order valence-corrected chi connectivity index (χ3v) is 6.29. The van der Waals surface area contributed by atoms with Gasteiger partial charge in [0.1, 0.15) is 17.6 Å². The number of amides is 1. The number of carbonyl (C=O) groups is 2. The summed E-state index contributed by atoms with van der Waals surface area (Å²) in [5, 5.41) is 3.06. The molecule has 162 valence electrons. The molecule has 3 fully saturated rings. The summed E-state index contributed by atoms with van der Waals surface area (Å²) in [6, 6.07) is 15.0. The lowest BCUT2D eigenvalue weighted by Crippen LogP contribution is -2.44. The van der Waals surface area contributed by atoms with Gasteiger partial charge in [-0.2, -0.15) is 0 Å². The molecule has 0 spiro atoms. The van der Waals surface area contributed by atoms with Gasteiger partial charge < -0.3 is 19.5 Å². The summed E-state index contributed by atoms with van der Waals surface area (Å²) in [4.78, 5) is 25.0. The number of carbonyl (C=O) groups excluding carboxylic acids is 2. The monoisotopic (exact) mass is 421 g/mol. The Morgan fingerprint density at radius 2 is 1.77 bits per heavy atom. The van der Waals surface area contributed by atoms with Crippen LogP contribution in [0.3, 0.4) is 0 Å². The molecular formula is C25H27NO5. The predicted octanol–water partition coefficient (Wildman–Crippen LogP) is 3.67. The average Bonchev–Trinajstić information content (AvgIpc) is 3.45. The molecule has 6 nitrogen and oxygen atoms in total. The predicted molar refractivity (Wildman–Crippen MR) is 114 cm³/mol. The molecule has 1 saturated carbocycles. The number of fused-ring (bicyclic) bond motifs is 1. The summed E-state index contributed by atoms with van der Waals surface area (Å²) >= 11 is 0. The molecule has 2 saturated heterocycles. The Morgan fingerprint density at radius 3 is 2.55 bits per heavy atom. The second kappa shape index (κ2) is 8.44. The van der Waals surface area contributed by atoms with Gasteiger partial charge in [-0.3, -0.25) is 9.59 Å². The van der Waals surface area contributed by atoms with Crippen LogP contribution in [-0.2, 0) is 14.3 Å². The molecule has 31 heavy (non-hydrogen) atoms. The number of Topliss-reactive ketones (excluding diaryl/α,β-unsaturated/α-hetero) is 1. The van der Waals surface area contributed by atoms with Crippen LogP contribution in [0.5, 0.6) is 11.5 Å². The molecule has 0 aromatic heterocycles. The highest BCUT2D eigenvalue weighted by Gasteiger charge is 2.49. The molecular weight excluding hydrogens is 394 g/mol. The zero-order valence-corrected chi connectivity index (χ0v) is 17.6. The summed E-state index contributed by atoms with van der Waals surface area (Å²) < 4.78 is 17.8. The van der Waals surface area contributed by atoms with Crippen molar-refractivity contribution in [3.63, 3.8) is 0 Å². The lowest BCUT2D eigenvalue weighted by atomic mass is 9.92. The van der Waals surface area contributed by atoms with Crippen LogP contribution in [0, 0.1) is 18.8 Å². The first-order valence-corrected chi connectivity index (χ1v) is 11.0. The van der Waals surface area contributed by atoms with Crippen LogP contribution in [-0.4, -0.2) is 43.2 Å². The normalized spacial score (nSPS) is 27.0. The number of ether oxygens (including phenoxy) is 3. The van der Waals surface area contributed by atoms with Crippen molar-refractivity contribution in [2.45, 2.75) is 44.4 Å². The average molecular weight is 421 g/mol. The van der Waals surface area contributed by atoms with Gasteiger partial charge in [-0.15, -0.1) is 0 Å². The van der Waals surface area contributed by atoms with Crippen LogP contribution in [0.25, 0.3) is 0 Å². The van der Waals surface area contributed by atoms with Gasteiger partial charge in [0, 0.05) is 23.8 Å². The van der Waals surface area contributed by atoms with Crippen molar-refractivity contribution in [2.24, 2.45) is 11.8 Å². The molecule has 2 aromatic carbocycles. The summed E-state index contributed by atoms with van der Waals surface area (Å²) in [6.07, 6.45) is 1.96. The first-order valence-electron chi connectivity index (χ1n) is 11.0. The molecule has 4 atom stereocenters. The molecule has 0 bridgehead atoms. The lowest BCUT2D eigenvalue weighted by molar-refractivity contribution is -0.123. The number of hydrogen-bond acceptors (Lipinski definition) is 5. The van der Waals surface area contributed by atoms with Crippen LogP contribution >= 0.6 is 0 Å². The Hall–Kier alpha value is -2.70. The molecule has 1 aliphatic carbocycles. The van der Waals surface area contributed by atoms with Gasteiger partial charge >= 0.3 is 0 Å². The largest absolute Gasteiger partial charge is 0.457 e. The Labute approximate surface area is 181 Å². The molecule has 2 aromatic rings. The number of rotatable bonds is 7. The second-order valence-corrected chi connectivity index (χ2v) is 8.82. The van der Waals surface area contributed by atoms with Gasteiger partial charge in [-0.05, 0) is 44.0 Å². The molecule has 6 heteroatoms. The van der Waals surface area contributed by atoms with Crippen molar-refractivity contribution in [1.29, 1.82) is 0 Å². The van der Waals surface area contributed by atoms with Crippen molar-refractivity contribution < 1.29 is 23.8 Å². The van der Waals surface area contributed by atoms with Gasteiger partial charge in [0.2, 0.25) is 5.91 Å². The fraction of sp³-hybridized carbons (Fsp3) is 0.440. The number of benzene rings is 2. The number of ketones is 1. The van der Waals surface area contributed by atoms with Crippen LogP contribution in [0.15, 0.2) is 48.5 Å². The van der Waals surface area contributed by atoms with E-state index in [1.807, 2.05) is 49.4 Å². The van der Waals surface area contributed by atoms with Crippen molar-refractivity contribution in [1.82, 2.24) is 5.32 Å². The van der Waals surface area contributed by atoms with Crippen molar-refractivity contribution in [2.75, 3.05) is 13.2 Å². The molecule has 1 N–H and O–H groups in total. The number of aryl methyl sites for hydroxylation is 1. The first-order chi connectivity index (χ1) is 15.1. The van der Waals surface area contributed by atoms with Gasteiger partial charge in [-0.25, -0.2) is 0 Å². The minimum absolute atomic E-state index is 0.0120. The molecule has 5 rings (SSSR count). The Morgan fingerprint density at radius 1 is 1.00 bits per heavy atom. The molecule has 2 heterocycles. The molecule has 0 radical (unpaired) electrons. The van der Waals surface area contributed by atoms with Gasteiger partial charge in [0.05, 0.1) is 25.4 Å².